The Kier molecular flexibility index (Phi) is 5.98. The molecule has 0 aromatic heterocycles. The van der Waals surface area contributed by atoms with Crippen molar-refractivity contribution in [2.75, 3.05) is 6.54 Å². The van der Waals surface area contributed by atoms with E-state index in [9.17, 15) is 4.39 Å². The highest BCUT2D eigenvalue weighted by atomic mass is 127. The summed E-state index contributed by atoms with van der Waals surface area (Å²) in [6, 6.07) is 15.8. The molecule has 0 fully saturated rings. The van der Waals surface area contributed by atoms with E-state index < -0.39 is 0 Å². The van der Waals surface area contributed by atoms with Gasteiger partial charge in [0, 0.05) is 9.61 Å². The molecule has 0 radical (unpaired) electrons. The summed E-state index contributed by atoms with van der Waals surface area (Å²) in [5, 5.41) is 3.45. The van der Waals surface area contributed by atoms with Crippen LogP contribution in [0.2, 0.25) is 0 Å². The van der Waals surface area contributed by atoms with Crippen molar-refractivity contribution < 1.29 is 4.39 Å². The van der Waals surface area contributed by atoms with Gasteiger partial charge in [-0.15, -0.1) is 0 Å². The first-order valence-corrected chi connectivity index (χ1v) is 7.98. The number of hydrogen-bond donors (Lipinski definition) is 1. The van der Waals surface area contributed by atoms with Crippen LogP contribution in [0.5, 0.6) is 0 Å². The summed E-state index contributed by atoms with van der Waals surface area (Å²) in [4.78, 5) is 0. The number of rotatable bonds is 6. The summed E-state index contributed by atoms with van der Waals surface area (Å²) in [6.45, 7) is 2.98. The molecule has 1 unspecified atom stereocenters. The number of nitrogens with one attached hydrogen (secondary N) is 1. The smallest absolute Gasteiger partial charge is 0.126 e. The van der Waals surface area contributed by atoms with Gasteiger partial charge in [-0.3, -0.25) is 0 Å². The van der Waals surface area contributed by atoms with E-state index in [4.69, 9.17) is 0 Å². The first-order chi connectivity index (χ1) is 9.69. The molecule has 2 aromatic carbocycles. The van der Waals surface area contributed by atoms with Gasteiger partial charge in [-0.1, -0.05) is 37.3 Å². The van der Waals surface area contributed by atoms with Crippen LogP contribution in [-0.2, 0) is 12.8 Å². The summed E-state index contributed by atoms with van der Waals surface area (Å²) in [5.74, 6) is -0.113. The van der Waals surface area contributed by atoms with Crippen LogP contribution in [0.15, 0.2) is 48.5 Å². The Morgan fingerprint density at radius 3 is 2.40 bits per heavy atom. The van der Waals surface area contributed by atoms with Gasteiger partial charge in [0.25, 0.3) is 0 Å². The van der Waals surface area contributed by atoms with E-state index in [1.165, 1.54) is 15.2 Å². The van der Waals surface area contributed by atoms with Crippen molar-refractivity contribution in [2.45, 2.75) is 25.8 Å². The Morgan fingerprint density at radius 2 is 1.75 bits per heavy atom. The normalized spacial score (nSPS) is 12.3. The maximum Gasteiger partial charge on any atom is 0.126 e. The van der Waals surface area contributed by atoms with E-state index >= 15 is 0 Å². The van der Waals surface area contributed by atoms with Crippen LogP contribution >= 0.6 is 22.6 Å². The third-order valence-corrected chi connectivity index (χ3v) is 4.03. The van der Waals surface area contributed by atoms with Crippen LogP contribution < -0.4 is 5.32 Å². The van der Waals surface area contributed by atoms with Gasteiger partial charge in [-0.25, -0.2) is 4.39 Å². The zero-order valence-electron chi connectivity index (χ0n) is 11.6. The minimum Gasteiger partial charge on any atom is -0.314 e. The lowest BCUT2D eigenvalue weighted by Crippen LogP contribution is -2.33. The van der Waals surface area contributed by atoms with E-state index in [1.807, 2.05) is 12.1 Å². The molecule has 2 aromatic rings. The van der Waals surface area contributed by atoms with Crippen LogP contribution in [0.3, 0.4) is 0 Å². The van der Waals surface area contributed by atoms with E-state index in [0.717, 1.165) is 18.5 Å². The van der Waals surface area contributed by atoms with Crippen LogP contribution in [-0.4, -0.2) is 12.6 Å². The van der Waals surface area contributed by atoms with Crippen molar-refractivity contribution in [3.63, 3.8) is 0 Å². The molecule has 1 atom stereocenters. The number of likely N-dealkylation sites (N-methyl/N-ethyl adjacent to an activating group) is 1. The maximum absolute atomic E-state index is 13.8. The third kappa shape index (κ3) is 4.56. The topological polar surface area (TPSA) is 12.0 Å². The van der Waals surface area contributed by atoms with Gasteiger partial charge in [0.05, 0.1) is 0 Å². The molecular formula is C17H19FIN. The molecule has 0 saturated heterocycles. The van der Waals surface area contributed by atoms with Crippen molar-refractivity contribution in [3.05, 3.63) is 69.0 Å². The van der Waals surface area contributed by atoms with Gasteiger partial charge in [-0.2, -0.15) is 0 Å². The Bertz CT molecular complexity index is 539. The highest BCUT2D eigenvalue weighted by Gasteiger charge is 2.12. The average Bonchev–Trinajstić information content (AvgIpc) is 2.44. The van der Waals surface area contributed by atoms with Gasteiger partial charge < -0.3 is 5.32 Å². The van der Waals surface area contributed by atoms with Crippen molar-refractivity contribution in [1.82, 2.24) is 5.32 Å². The molecule has 0 aliphatic carbocycles. The van der Waals surface area contributed by atoms with Crippen molar-refractivity contribution in [1.29, 1.82) is 0 Å². The molecule has 0 heterocycles. The Hall–Kier alpha value is -0.940. The number of benzene rings is 2. The molecule has 20 heavy (non-hydrogen) atoms. The molecule has 106 valence electrons. The van der Waals surface area contributed by atoms with Gasteiger partial charge in [0.2, 0.25) is 0 Å². The van der Waals surface area contributed by atoms with Crippen LogP contribution in [0.25, 0.3) is 0 Å². The maximum atomic E-state index is 13.8. The molecule has 0 bridgehead atoms. The molecular weight excluding hydrogens is 364 g/mol. The number of halogens is 2. The Labute approximate surface area is 133 Å². The van der Waals surface area contributed by atoms with Gasteiger partial charge >= 0.3 is 0 Å². The van der Waals surface area contributed by atoms with Gasteiger partial charge in [-0.05, 0) is 71.3 Å². The van der Waals surface area contributed by atoms with Crippen molar-refractivity contribution in [3.8, 4) is 0 Å². The van der Waals surface area contributed by atoms with Crippen molar-refractivity contribution in [2.24, 2.45) is 0 Å². The second-order valence-corrected chi connectivity index (χ2v) is 6.13. The highest BCUT2D eigenvalue weighted by molar-refractivity contribution is 14.1. The first kappa shape index (κ1) is 15.4. The summed E-state index contributed by atoms with van der Waals surface area (Å²) >= 11 is 2.30. The predicted molar refractivity (Wildman–Crippen MR) is 90.4 cm³/mol. The SMILES string of the molecule is CCNC(Cc1ccc(I)cc1)Cc1ccccc1F. The molecule has 3 heteroatoms. The highest BCUT2D eigenvalue weighted by Crippen LogP contribution is 2.14. The second-order valence-electron chi connectivity index (χ2n) is 4.88. The minimum absolute atomic E-state index is 0.113. The Balaban J connectivity index is 2.07. The van der Waals surface area contributed by atoms with E-state index in [1.54, 1.807) is 6.07 Å². The molecule has 1 N–H and O–H groups in total. The molecule has 0 saturated carbocycles. The standard InChI is InChI=1S/C17H19FIN/c1-2-20-16(11-13-7-9-15(19)10-8-13)12-14-5-3-4-6-17(14)18/h3-10,16,20H,2,11-12H2,1H3. The fourth-order valence-corrected chi connectivity index (χ4v) is 2.70. The quantitative estimate of drug-likeness (QED) is 0.738. The fraction of sp³-hybridized carbons (Fsp3) is 0.294. The minimum atomic E-state index is -0.113. The zero-order chi connectivity index (χ0) is 14.4. The molecule has 2 rings (SSSR count). The monoisotopic (exact) mass is 383 g/mol. The van der Waals surface area contributed by atoms with Crippen molar-refractivity contribution >= 4 is 22.6 Å². The second kappa shape index (κ2) is 7.74. The first-order valence-electron chi connectivity index (χ1n) is 6.90. The third-order valence-electron chi connectivity index (χ3n) is 3.31. The van der Waals surface area contributed by atoms with E-state index in [0.29, 0.717) is 6.42 Å². The average molecular weight is 383 g/mol. The lowest BCUT2D eigenvalue weighted by atomic mass is 9.98. The van der Waals surface area contributed by atoms with Crippen LogP contribution in [0.1, 0.15) is 18.1 Å². The molecule has 0 amide bonds. The molecule has 0 aliphatic rings. The summed E-state index contributed by atoms with van der Waals surface area (Å²) in [7, 11) is 0. The summed E-state index contributed by atoms with van der Waals surface area (Å²) in [6.07, 6.45) is 1.63. The van der Waals surface area contributed by atoms with Gasteiger partial charge in [0.1, 0.15) is 5.82 Å². The molecule has 1 nitrogen and oxygen atoms in total. The van der Waals surface area contributed by atoms with E-state index in [2.05, 4.69) is 59.1 Å². The van der Waals surface area contributed by atoms with Crippen LogP contribution in [0, 0.1) is 9.39 Å². The largest absolute Gasteiger partial charge is 0.314 e. The fourth-order valence-electron chi connectivity index (χ4n) is 2.34. The molecule has 0 spiro atoms. The van der Waals surface area contributed by atoms with Crippen LogP contribution in [0.4, 0.5) is 4.39 Å². The van der Waals surface area contributed by atoms with E-state index in [-0.39, 0.29) is 11.9 Å². The predicted octanol–water partition coefficient (Wildman–Crippen LogP) is 4.19. The lowest BCUT2D eigenvalue weighted by molar-refractivity contribution is 0.506. The zero-order valence-corrected chi connectivity index (χ0v) is 13.7. The number of hydrogen-bond acceptors (Lipinski definition) is 1. The summed E-state index contributed by atoms with van der Waals surface area (Å²) < 4.78 is 15.0. The molecule has 0 aliphatic heterocycles. The lowest BCUT2D eigenvalue weighted by Gasteiger charge is -2.18. The Morgan fingerprint density at radius 1 is 1.05 bits per heavy atom. The summed E-state index contributed by atoms with van der Waals surface area (Å²) in [5.41, 5.74) is 2.07. The van der Waals surface area contributed by atoms with Gasteiger partial charge in [0.15, 0.2) is 0 Å².